The zero-order valence-electron chi connectivity index (χ0n) is 10.5. The van der Waals surface area contributed by atoms with Gasteiger partial charge in [-0.2, -0.15) is 0 Å². The number of anilines is 1. The maximum Gasteiger partial charge on any atom is 0.170 e. The predicted octanol–water partition coefficient (Wildman–Crippen LogP) is 2.32. The molecule has 1 aromatic rings. The molecule has 2 rings (SSSR count). The molecule has 0 aliphatic heterocycles. The van der Waals surface area contributed by atoms with Crippen molar-refractivity contribution in [1.29, 1.82) is 0 Å². The minimum atomic E-state index is -0.178. The number of aromatic nitrogens is 1. The molecule has 17 heavy (non-hydrogen) atoms. The number of pyridine rings is 1. The molecule has 1 N–H and O–H groups in total. The maximum absolute atomic E-state index is 14.2. The van der Waals surface area contributed by atoms with Gasteiger partial charge in [-0.15, -0.1) is 0 Å². The quantitative estimate of drug-likeness (QED) is 0.852. The smallest absolute Gasteiger partial charge is 0.170 e. The lowest BCUT2D eigenvalue weighted by Gasteiger charge is -2.35. The van der Waals surface area contributed by atoms with Crippen LogP contribution in [0.2, 0.25) is 0 Å². The van der Waals surface area contributed by atoms with Gasteiger partial charge in [0.2, 0.25) is 0 Å². The van der Waals surface area contributed by atoms with E-state index in [-0.39, 0.29) is 5.82 Å². The van der Waals surface area contributed by atoms with Crippen LogP contribution in [-0.2, 0) is 6.54 Å². The molecule has 94 valence electrons. The summed E-state index contributed by atoms with van der Waals surface area (Å²) in [6, 6.07) is 2.21. The first-order valence-electron chi connectivity index (χ1n) is 6.31. The van der Waals surface area contributed by atoms with Gasteiger partial charge < -0.3 is 10.2 Å². The fourth-order valence-corrected chi connectivity index (χ4v) is 2.06. The van der Waals surface area contributed by atoms with Crippen molar-refractivity contribution in [2.75, 3.05) is 18.5 Å². The Balaban J connectivity index is 2.15. The van der Waals surface area contributed by atoms with Crippen molar-refractivity contribution in [1.82, 2.24) is 10.3 Å². The van der Waals surface area contributed by atoms with Crippen LogP contribution in [0.1, 0.15) is 31.7 Å². The van der Waals surface area contributed by atoms with Gasteiger partial charge in [-0.25, -0.2) is 9.37 Å². The number of hydrogen-bond donors (Lipinski definition) is 1. The summed E-state index contributed by atoms with van der Waals surface area (Å²) in [7, 11) is 1.94. The van der Waals surface area contributed by atoms with E-state index in [4.69, 9.17) is 0 Å². The topological polar surface area (TPSA) is 28.2 Å². The molecule has 0 unspecified atom stereocenters. The Morgan fingerprint density at radius 3 is 2.88 bits per heavy atom. The third-order valence-electron chi connectivity index (χ3n) is 3.47. The highest BCUT2D eigenvalue weighted by Gasteiger charge is 2.25. The maximum atomic E-state index is 14.2. The highest BCUT2D eigenvalue weighted by Crippen LogP contribution is 2.29. The van der Waals surface area contributed by atoms with Crippen LogP contribution in [0.5, 0.6) is 0 Å². The molecule has 1 aromatic heterocycles. The number of rotatable bonds is 5. The Morgan fingerprint density at radius 1 is 1.53 bits per heavy atom. The van der Waals surface area contributed by atoms with E-state index in [9.17, 15) is 4.39 Å². The number of nitrogens with one attached hydrogen (secondary N) is 1. The van der Waals surface area contributed by atoms with Crippen LogP contribution in [0.3, 0.4) is 0 Å². The van der Waals surface area contributed by atoms with Gasteiger partial charge in [0.05, 0.1) is 0 Å². The molecule has 3 nitrogen and oxygen atoms in total. The molecule has 1 heterocycles. The first kappa shape index (κ1) is 12.3. The summed E-state index contributed by atoms with van der Waals surface area (Å²) in [4.78, 5) is 6.15. The van der Waals surface area contributed by atoms with Crippen molar-refractivity contribution in [3.63, 3.8) is 0 Å². The molecular weight excluding hydrogens is 217 g/mol. The second-order valence-electron chi connectivity index (χ2n) is 4.58. The van der Waals surface area contributed by atoms with Crippen molar-refractivity contribution in [3.05, 3.63) is 23.6 Å². The van der Waals surface area contributed by atoms with Crippen LogP contribution in [0, 0.1) is 5.82 Å². The van der Waals surface area contributed by atoms with Gasteiger partial charge in [-0.3, -0.25) is 0 Å². The first-order chi connectivity index (χ1) is 8.24. The van der Waals surface area contributed by atoms with Crippen LogP contribution in [0.25, 0.3) is 0 Å². The third-order valence-corrected chi connectivity index (χ3v) is 3.47. The highest BCUT2D eigenvalue weighted by atomic mass is 19.1. The van der Waals surface area contributed by atoms with E-state index in [0.29, 0.717) is 24.0 Å². The summed E-state index contributed by atoms with van der Waals surface area (Å²) in [6.07, 6.45) is 5.23. The Bertz CT molecular complexity index is 377. The molecule has 0 radical (unpaired) electrons. The number of hydrogen-bond acceptors (Lipinski definition) is 3. The van der Waals surface area contributed by atoms with Gasteiger partial charge in [0.25, 0.3) is 0 Å². The Hall–Kier alpha value is -1.16. The second kappa shape index (κ2) is 5.45. The average molecular weight is 237 g/mol. The largest absolute Gasteiger partial charge is 0.354 e. The second-order valence-corrected chi connectivity index (χ2v) is 4.58. The third kappa shape index (κ3) is 2.57. The molecule has 1 aliphatic carbocycles. The Kier molecular flexibility index (Phi) is 3.94. The summed E-state index contributed by atoms with van der Waals surface area (Å²) in [5.41, 5.74) is 0.697. The molecule has 0 aromatic carbocycles. The lowest BCUT2D eigenvalue weighted by atomic mass is 9.92. The molecular formula is C13H20FN3. The molecule has 4 heteroatoms. The van der Waals surface area contributed by atoms with Gasteiger partial charge >= 0.3 is 0 Å². The van der Waals surface area contributed by atoms with E-state index in [0.717, 1.165) is 19.4 Å². The van der Waals surface area contributed by atoms with E-state index in [1.165, 1.54) is 6.42 Å². The van der Waals surface area contributed by atoms with Crippen LogP contribution in [0.4, 0.5) is 10.2 Å². The molecule has 1 fully saturated rings. The van der Waals surface area contributed by atoms with E-state index in [1.54, 1.807) is 12.3 Å². The fraction of sp³-hybridized carbons (Fsp3) is 0.615. The monoisotopic (exact) mass is 237 g/mol. The minimum absolute atomic E-state index is 0.178. The summed E-state index contributed by atoms with van der Waals surface area (Å²) in [5, 5.41) is 3.14. The Morgan fingerprint density at radius 2 is 2.29 bits per heavy atom. The first-order valence-corrected chi connectivity index (χ1v) is 6.31. The fourth-order valence-electron chi connectivity index (χ4n) is 2.06. The van der Waals surface area contributed by atoms with Crippen molar-refractivity contribution in [2.45, 2.75) is 38.8 Å². The summed E-state index contributed by atoms with van der Waals surface area (Å²) in [5.74, 6) is 0.313. The van der Waals surface area contributed by atoms with E-state index >= 15 is 0 Å². The van der Waals surface area contributed by atoms with Gasteiger partial charge in [-0.05, 0) is 31.9 Å². The standard InChI is InChI=1S/C13H20FN3/c1-3-15-9-10-7-8-16-13(12(10)14)17(2)11-5-4-6-11/h7-8,11,15H,3-6,9H2,1-2H3. The van der Waals surface area contributed by atoms with E-state index < -0.39 is 0 Å². The van der Waals surface area contributed by atoms with Crippen LogP contribution in [0.15, 0.2) is 12.3 Å². The molecule has 0 atom stereocenters. The average Bonchev–Trinajstić information content (AvgIpc) is 2.25. The molecule has 1 saturated carbocycles. The summed E-state index contributed by atoms with van der Waals surface area (Å²) < 4.78 is 14.2. The lowest BCUT2D eigenvalue weighted by Crippen LogP contribution is -2.38. The van der Waals surface area contributed by atoms with Crippen molar-refractivity contribution < 1.29 is 4.39 Å². The van der Waals surface area contributed by atoms with Gasteiger partial charge in [-0.1, -0.05) is 6.92 Å². The van der Waals surface area contributed by atoms with Crippen LogP contribution in [-0.4, -0.2) is 24.6 Å². The highest BCUT2D eigenvalue weighted by molar-refractivity contribution is 5.43. The molecule has 0 spiro atoms. The van der Waals surface area contributed by atoms with Gasteiger partial charge in [0.1, 0.15) is 0 Å². The summed E-state index contributed by atoms with van der Waals surface area (Å²) in [6.45, 7) is 3.42. The van der Waals surface area contributed by atoms with E-state index in [2.05, 4.69) is 10.3 Å². The van der Waals surface area contributed by atoms with Gasteiger partial charge in [0, 0.05) is 31.4 Å². The number of halogens is 1. The number of nitrogens with zero attached hydrogens (tertiary/aromatic N) is 2. The minimum Gasteiger partial charge on any atom is -0.354 e. The lowest BCUT2D eigenvalue weighted by molar-refractivity contribution is 0.395. The summed E-state index contributed by atoms with van der Waals surface area (Å²) >= 11 is 0. The molecule has 0 bridgehead atoms. The van der Waals surface area contributed by atoms with Crippen LogP contribution < -0.4 is 10.2 Å². The zero-order valence-corrected chi connectivity index (χ0v) is 10.5. The van der Waals surface area contributed by atoms with Crippen molar-refractivity contribution >= 4 is 5.82 Å². The van der Waals surface area contributed by atoms with Crippen molar-refractivity contribution in [2.24, 2.45) is 0 Å². The normalized spacial score (nSPS) is 15.7. The van der Waals surface area contributed by atoms with E-state index in [1.807, 2.05) is 18.9 Å². The van der Waals surface area contributed by atoms with Gasteiger partial charge in [0.15, 0.2) is 11.6 Å². The zero-order chi connectivity index (χ0) is 12.3. The molecule has 1 aliphatic rings. The SMILES string of the molecule is CCNCc1ccnc(N(C)C2CCC2)c1F. The Labute approximate surface area is 102 Å². The van der Waals surface area contributed by atoms with Crippen molar-refractivity contribution in [3.8, 4) is 0 Å². The van der Waals surface area contributed by atoms with Crippen LogP contribution >= 0.6 is 0 Å². The molecule has 0 amide bonds. The predicted molar refractivity (Wildman–Crippen MR) is 67.6 cm³/mol. The molecule has 0 saturated heterocycles.